The highest BCUT2D eigenvalue weighted by Crippen LogP contribution is 2.47. The van der Waals surface area contributed by atoms with Gasteiger partial charge in [-0.25, -0.2) is 4.98 Å². The fraction of sp³-hybridized carbons (Fsp3) is 0.667. The standard InChI is InChI=1S/C18H21ClF3N3O/c19-13-9-12(18(20,21)22)10-23-15(13)25-8-5-14(17(25)6-1-2-7-17)24-16(26)11-3-4-11/h9-11,14H,1-8H2,(H,24,26). The Morgan fingerprint density at radius 2 is 1.96 bits per heavy atom. The SMILES string of the molecule is O=C(NC1CCN(c2ncc(C(F)(F)F)cc2Cl)C12CCCC2)C1CC1. The van der Waals surface area contributed by atoms with Crippen molar-refractivity contribution in [3.8, 4) is 0 Å². The first kappa shape index (κ1) is 17.9. The van der Waals surface area contributed by atoms with Crippen molar-refractivity contribution >= 4 is 23.3 Å². The summed E-state index contributed by atoms with van der Waals surface area (Å²) in [6.07, 6.45) is 2.88. The fourth-order valence-corrected chi connectivity index (χ4v) is 4.75. The van der Waals surface area contributed by atoms with Crippen LogP contribution in [-0.2, 0) is 11.0 Å². The summed E-state index contributed by atoms with van der Waals surface area (Å²) in [4.78, 5) is 18.4. The van der Waals surface area contributed by atoms with E-state index in [0.29, 0.717) is 12.4 Å². The minimum Gasteiger partial charge on any atom is -0.351 e. The molecule has 0 bridgehead atoms. The molecule has 1 amide bonds. The molecule has 4 nitrogen and oxygen atoms in total. The Morgan fingerprint density at radius 1 is 1.27 bits per heavy atom. The van der Waals surface area contributed by atoms with Crippen molar-refractivity contribution in [1.29, 1.82) is 0 Å². The molecule has 4 rings (SSSR count). The normalized spacial score (nSPS) is 25.1. The van der Waals surface area contributed by atoms with Crippen LogP contribution in [0.3, 0.4) is 0 Å². The highest BCUT2D eigenvalue weighted by atomic mass is 35.5. The number of carbonyl (C=O) groups excluding carboxylic acids is 1. The Bertz CT molecular complexity index is 714. The molecule has 1 spiro atoms. The molecule has 0 aromatic carbocycles. The van der Waals surface area contributed by atoms with Gasteiger partial charge in [0.2, 0.25) is 5.91 Å². The summed E-state index contributed by atoms with van der Waals surface area (Å²) in [6.45, 7) is 0.633. The molecule has 142 valence electrons. The van der Waals surface area contributed by atoms with Crippen LogP contribution in [0.2, 0.25) is 5.02 Å². The third-order valence-corrected chi connectivity index (χ3v) is 6.24. The largest absolute Gasteiger partial charge is 0.417 e. The quantitative estimate of drug-likeness (QED) is 0.846. The van der Waals surface area contributed by atoms with E-state index >= 15 is 0 Å². The lowest BCUT2D eigenvalue weighted by Gasteiger charge is -2.40. The molecule has 1 saturated heterocycles. The van der Waals surface area contributed by atoms with Crippen molar-refractivity contribution in [2.24, 2.45) is 5.92 Å². The second-order valence-electron chi connectivity index (χ2n) is 7.61. The minimum absolute atomic E-state index is 0.00161. The van der Waals surface area contributed by atoms with Crippen LogP contribution in [-0.4, -0.2) is 29.0 Å². The molecule has 2 saturated carbocycles. The van der Waals surface area contributed by atoms with Gasteiger partial charge in [0, 0.05) is 18.7 Å². The molecule has 3 fully saturated rings. The highest BCUT2D eigenvalue weighted by Gasteiger charge is 2.52. The summed E-state index contributed by atoms with van der Waals surface area (Å²) in [6, 6.07) is 0.945. The number of aromatic nitrogens is 1. The lowest BCUT2D eigenvalue weighted by molar-refractivity contribution is -0.137. The van der Waals surface area contributed by atoms with Crippen LogP contribution in [0.15, 0.2) is 12.3 Å². The van der Waals surface area contributed by atoms with E-state index < -0.39 is 11.7 Å². The molecule has 1 N–H and O–H groups in total. The Morgan fingerprint density at radius 3 is 2.54 bits per heavy atom. The Balaban J connectivity index is 1.62. The maximum Gasteiger partial charge on any atom is 0.417 e. The molecule has 1 unspecified atom stereocenters. The number of pyridine rings is 1. The fourth-order valence-electron chi connectivity index (χ4n) is 4.49. The highest BCUT2D eigenvalue weighted by molar-refractivity contribution is 6.33. The number of anilines is 1. The topological polar surface area (TPSA) is 45.2 Å². The third kappa shape index (κ3) is 3.04. The lowest BCUT2D eigenvalue weighted by atomic mass is 9.88. The summed E-state index contributed by atoms with van der Waals surface area (Å²) in [7, 11) is 0. The molecule has 2 heterocycles. The van der Waals surface area contributed by atoms with Gasteiger partial charge < -0.3 is 10.2 Å². The molecule has 2 aliphatic carbocycles. The van der Waals surface area contributed by atoms with Crippen LogP contribution in [0.5, 0.6) is 0 Å². The number of hydrogen-bond acceptors (Lipinski definition) is 3. The summed E-state index contributed by atoms with van der Waals surface area (Å²) in [5.74, 6) is 0.634. The second-order valence-corrected chi connectivity index (χ2v) is 8.02. The van der Waals surface area contributed by atoms with Crippen LogP contribution in [0.4, 0.5) is 19.0 Å². The Labute approximate surface area is 155 Å². The van der Waals surface area contributed by atoms with Gasteiger partial charge in [-0.3, -0.25) is 4.79 Å². The smallest absolute Gasteiger partial charge is 0.351 e. The van der Waals surface area contributed by atoms with Gasteiger partial charge in [0.25, 0.3) is 0 Å². The van der Waals surface area contributed by atoms with Crippen LogP contribution < -0.4 is 10.2 Å². The van der Waals surface area contributed by atoms with E-state index in [1.807, 2.05) is 4.90 Å². The monoisotopic (exact) mass is 387 g/mol. The van der Waals surface area contributed by atoms with Gasteiger partial charge in [0.05, 0.1) is 22.2 Å². The summed E-state index contributed by atoms with van der Waals surface area (Å²) < 4.78 is 38.7. The first-order chi connectivity index (χ1) is 12.3. The summed E-state index contributed by atoms with van der Waals surface area (Å²) in [5, 5.41) is 3.21. The zero-order chi connectivity index (χ0) is 18.5. The molecule has 8 heteroatoms. The van der Waals surface area contributed by atoms with E-state index in [9.17, 15) is 18.0 Å². The third-order valence-electron chi connectivity index (χ3n) is 5.97. The number of nitrogens with zero attached hydrogens (tertiary/aromatic N) is 2. The van der Waals surface area contributed by atoms with E-state index in [1.165, 1.54) is 0 Å². The van der Waals surface area contributed by atoms with Gasteiger partial charge >= 0.3 is 6.18 Å². The van der Waals surface area contributed by atoms with E-state index in [0.717, 1.165) is 57.2 Å². The van der Waals surface area contributed by atoms with Gasteiger partial charge in [-0.15, -0.1) is 0 Å². The van der Waals surface area contributed by atoms with Crippen molar-refractivity contribution in [2.75, 3.05) is 11.4 Å². The number of rotatable bonds is 3. The van der Waals surface area contributed by atoms with Gasteiger partial charge in [0.1, 0.15) is 5.82 Å². The van der Waals surface area contributed by atoms with Crippen molar-refractivity contribution in [3.05, 3.63) is 22.8 Å². The summed E-state index contributed by atoms with van der Waals surface area (Å²) in [5.41, 5.74) is -1.13. The lowest BCUT2D eigenvalue weighted by Crippen LogP contribution is -2.55. The number of halogens is 4. The Hall–Kier alpha value is -1.50. The van der Waals surface area contributed by atoms with E-state index in [1.54, 1.807) is 0 Å². The zero-order valence-electron chi connectivity index (χ0n) is 14.3. The average molecular weight is 388 g/mol. The van der Waals surface area contributed by atoms with E-state index in [-0.39, 0.29) is 28.4 Å². The van der Waals surface area contributed by atoms with Crippen LogP contribution in [0.1, 0.15) is 50.5 Å². The van der Waals surface area contributed by atoms with Crippen LogP contribution in [0.25, 0.3) is 0 Å². The zero-order valence-corrected chi connectivity index (χ0v) is 15.0. The maximum atomic E-state index is 12.9. The molecular formula is C18H21ClF3N3O. The van der Waals surface area contributed by atoms with E-state index in [2.05, 4.69) is 10.3 Å². The molecule has 3 aliphatic rings. The minimum atomic E-state index is -4.47. The number of carbonyl (C=O) groups is 1. The van der Waals surface area contributed by atoms with Crippen molar-refractivity contribution in [1.82, 2.24) is 10.3 Å². The van der Waals surface area contributed by atoms with Crippen LogP contribution in [0, 0.1) is 5.92 Å². The van der Waals surface area contributed by atoms with Crippen molar-refractivity contribution in [2.45, 2.75) is 62.7 Å². The van der Waals surface area contributed by atoms with Gasteiger partial charge in [-0.2, -0.15) is 13.2 Å². The molecule has 26 heavy (non-hydrogen) atoms. The molecule has 1 aromatic heterocycles. The molecule has 1 atom stereocenters. The van der Waals surface area contributed by atoms with Gasteiger partial charge in [-0.1, -0.05) is 24.4 Å². The molecule has 0 radical (unpaired) electrons. The molecule has 1 aromatic rings. The van der Waals surface area contributed by atoms with Gasteiger partial charge in [-0.05, 0) is 38.2 Å². The number of alkyl halides is 3. The van der Waals surface area contributed by atoms with Crippen molar-refractivity contribution < 1.29 is 18.0 Å². The number of hydrogen-bond donors (Lipinski definition) is 1. The Kier molecular flexibility index (Phi) is 4.33. The second kappa shape index (κ2) is 6.29. The van der Waals surface area contributed by atoms with Gasteiger partial charge in [0.15, 0.2) is 0 Å². The average Bonchev–Trinajstić information content (AvgIpc) is 3.24. The van der Waals surface area contributed by atoms with Crippen molar-refractivity contribution in [3.63, 3.8) is 0 Å². The predicted molar refractivity (Wildman–Crippen MR) is 92.1 cm³/mol. The summed E-state index contributed by atoms with van der Waals surface area (Å²) >= 11 is 6.20. The predicted octanol–water partition coefficient (Wildman–Crippen LogP) is 4.17. The molecular weight excluding hydrogens is 367 g/mol. The molecule has 1 aliphatic heterocycles. The van der Waals surface area contributed by atoms with Crippen LogP contribution >= 0.6 is 11.6 Å². The number of amides is 1. The first-order valence-corrected chi connectivity index (χ1v) is 9.50. The first-order valence-electron chi connectivity index (χ1n) is 9.12. The maximum absolute atomic E-state index is 12.9. The number of nitrogens with one attached hydrogen (secondary N) is 1. The van der Waals surface area contributed by atoms with E-state index in [4.69, 9.17) is 11.6 Å².